The molecule has 0 aliphatic carbocycles. The Morgan fingerprint density at radius 3 is 2.45 bits per heavy atom. The van der Waals surface area contributed by atoms with Gasteiger partial charge in [-0.15, -0.1) is 0 Å². The number of amides is 2. The molecule has 0 aliphatic heterocycles. The van der Waals surface area contributed by atoms with Crippen LogP contribution in [0.25, 0.3) is 0 Å². The molecule has 6 heteroatoms. The zero-order chi connectivity index (χ0) is 15.3. The molecule has 0 heterocycles. The van der Waals surface area contributed by atoms with Crippen molar-refractivity contribution in [1.29, 1.82) is 0 Å². The Balaban J connectivity index is 2.68. The van der Waals surface area contributed by atoms with Crippen molar-refractivity contribution < 1.29 is 18.4 Å². The molecule has 4 nitrogen and oxygen atoms in total. The first-order valence-corrected chi connectivity index (χ1v) is 6.30. The zero-order valence-electron chi connectivity index (χ0n) is 11.7. The van der Waals surface area contributed by atoms with Crippen molar-refractivity contribution in [2.24, 2.45) is 5.92 Å². The number of hydrogen-bond acceptors (Lipinski definition) is 2. The van der Waals surface area contributed by atoms with E-state index in [-0.39, 0.29) is 24.1 Å². The summed E-state index contributed by atoms with van der Waals surface area (Å²) in [6.45, 7) is 5.49. The predicted molar refractivity (Wildman–Crippen MR) is 72.1 cm³/mol. The summed E-state index contributed by atoms with van der Waals surface area (Å²) in [6.07, 6.45) is 0. The van der Waals surface area contributed by atoms with Gasteiger partial charge < -0.3 is 10.2 Å². The third-order valence-corrected chi connectivity index (χ3v) is 2.57. The minimum atomic E-state index is -0.850. The van der Waals surface area contributed by atoms with E-state index in [0.717, 1.165) is 12.1 Å². The fraction of sp³-hybridized carbons (Fsp3) is 0.429. The minimum Gasteiger partial charge on any atom is -0.333 e. The largest absolute Gasteiger partial charge is 0.333 e. The van der Waals surface area contributed by atoms with Crippen LogP contribution in [-0.2, 0) is 9.59 Å². The Labute approximate surface area is 116 Å². The van der Waals surface area contributed by atoms with E-state index >= 15 is 0 Å². The van der Waals surface area contributed by atoms with Crippen LogP contribution in [0.5, 0.6) is 0 Å². The van der Waals surface area contributed by atoms with Gasteiger partial charge in [-0.3, -0.25) is 9.59 Å². The Morgan fingerprint density at radius 1 is 1.30 bits per heavy atom. The molecule has 0 saturated carbocycles. The van der Waals surface area contributed by atoms with Gasteiger partial charge in [-0.2, -0.15) is 0 Å². The molecule has 0 unspecified atom stereocenters. The highest BCUT2D eigenvalue weighted by Crippen LogP contribution is 2.14. The maximum absolute atomic E-state index is 13.4. The van der Waals surface area contributed by atoms with Gasteiger partial charge in [0.15, 0.2) is 0 Å². The Morgan fingerprint density at radius 2 is 1.95 bits per heavy atom. The van der Waals surface area contributed by atoms with E-state index in [1.807, 2.05) is 13.8 Å². The molecule has 0 saturated heterocycles. The molecule has 0 radical (unpaired) electrons. The van der Waals surface area contributed by atoms with Gasteiger partial charge in [-0.1, -0.05) is 13.8 Å². The van der Waals surface area contributed by atoms with Gasteiger partial charge in [0, 0.05) is 19.5 Å². The number of anilines is 1. The van der Waals surface area contributed by atoms with Crippen LogP contribution in [0, 0.1) is 17.6 Å². The summed E-state index contributed by atoms with van der Waals surface area (Å²) in [5.41, 5.74) is -0.107. The summed E-state index contributed by atoms with van der Waals surface area (Å²) < 4.78 is 26.1. The number of nitrogens with one attached hydrogen (secondary N) is 1. The van der Waals surface area contributed by atoms with Gasteiger partial charge in [0.2, 0.25) is 11.8 Å². The maximum Gasteiger partial charge on any atom is 0.244 e. The maximum atomic E-state index is 13.4. The first-order chi connectivity index (χ1) is 9.29. The van der Waals surface area contributed by atoms with Crippen molar-refractivity contribution in [2.75, 3.05) is 18.4 Å². The Hall–Kier alpha value is -1.98. The molecular weight excluding hydrogens is 266 g/mol. The van der Waals surface area contributed by atoms with Crippen molar-refractivity contribution in [3.05, 3.63) is 29.8 Å². The first-order valence-electron chi connectivity index (χ1n) is 6.30. The van der Waals surface area contributed by atoms with Crippen LogP contribution in [0.1, 0.15) is 20.8 Å². The molecular formula is C14H18F2N2O2. The highest BCUT2D eigenvalue weighted by atomic mass is 19.1. The fourth-order valence-electron chi connectivity index (χ4n) is 1.70. The summed E-state index contributed by atoms with van der Waals surface area (Å²) >= 11 is 0. The minimum absolute atomic E-state index is 0.107. The average Bonchev–Trinajstić information content (AvgIpc) is 2.31. The van der Waals surface area contributed by atoms with Crippen molar-refractivity contribution in [2.45, 2.75) is 20.8 Å². The normalized spacial score (nSPS) is 10.5. The third kappa shape index (κ3) is 4.95. The summed E-state index contributed by atoms with van der Waals surface area (Å²) in [7, 11) is 0. The van der Waals surface area contributed by atoms with Gasteiger partial charge in [0.25, 0.3) is 0 Å². The van der Waals surface area contributed by atoms with Gasteiger partial charge in [-0.05, 0) is 18.1 Å². The standard InChI is InChI=1S/C14H18F2N2O2/c1-9(2)7-18(10(3)19)8-14(20)17-13-5-4-11(15)6-12(13)16/h4-6,9H,7-8H2,1-3H3,(H,17,20). The molecule has 110 valence electrons. The van der Waals surface area contributed by atoms with E-state index < -0.39 is 17.5 Å². The fourth-order valence-corrected chi connectivity index (χ4v) is 1.70. The quantitative estimate of drug-likeness (QED) is 0.902. The molecule has 1 N–H and O–H groups in total. The summed E-state index contributed by atoms with van der Waals surface area (Å²) in [4.78, 5) is 24.6. The lowest BCUT2D eigenvalue weighted by Crippen LogP contribution is -2.38. The molecule has 1 aromatic carbocycles. The molecule has 0 bridgehead atoms. The van der Waals surface area contributed by atoms with Gasteiger partial charge in [0.05, 0.1) is 12.2 Å². The number of carbonyl (C=O) groups is 2. The van der Waals surface area contributed by atoms with Crippen LogP contribution < -0.4 is 5.32 Å². The highest BCUT2D eigenvalue weighted by molar-refractivity contribution is 5.94. The van der Waals surface area contributed by atoms with E-state index in [1.54, 1.807) is 0 Å². The van der Waals surface area contributed by atoms with Crippen LogP contribution in [0.3, 0.4) is 0 Å². The van der Waals surface area contributed by atoms with Crippen LogP contribution in [-0.4, -0.2) is 29.8 Å². The Kier molecular flexibility index (Phi) is 5.61. The number of carbonyl (C=O) groups excluding carboxylic acids is 2. The number of halogens is 2. The molecule has 0 fully saturated rings. The second kappa shape index (κ2) is 6.98. The lowest BCUT2D eigenvalue weighted by Gasteiger charge is -2.22. The van der Waals surface area contributed by atoms with E-state index in [4.69, 9.17) is 0 Å². The van der Waals surface area contributed by atoms with Crippen LogP contribution in [0.4, 0.5) is 14.5 Å². The first kappa shape index (κ1) is 16.1. The van der Waals surface area contributed by atoms with E-state index in [1.165, 1.54) is 11.8 Å². The van der Waals surface area contributed by atoms with Crippen molar-refractivity contribution >= 4 is 17.5 Å². The van der Waals surface area contributed by atoms with E-state index in [9.17, 15) is 18.4 Å². The monoisotopic (exact) mass is 284 g/mol. The molecule has 2 amide bonds. The zero-order valence-corrected chi connectivity index (χ0v) is 11.7. The summed E-state index contributed by atoms with van der Waals surface area (Å²) in [5.74, 6) is -2.10. The molecule has 1 aromatic rings. The topological polar surface area (TPSA) is 49.4 Å². The molecule has 1 rings (SSSR count). The average molecular weight is 284 g/mol. The third-order valence-electron chi connectivity index (χ3n) is 2.57. The van der Waals surface area contributed by atoms with Gasteiger partial charge in [-0.25, -0.2) is 8.78 Å². The molecule has 20 heavy (non-hydrogen) atoms. The summed E-state index contributed by atoms with van der Waals surface area (Å²) in [6, 6.07) is 2.88. The van der Waals surface area contributed by atoms with E-state index in [0.29, 0.717) is 12.6 Å². The summed E-state index contributed by atoms with van der Waals surface area (Å²) in [5, 5.41) is 2.32. The molecule has 0 aromatic heterocycles. The van der Waals surface area contributed by atoms with Gasteiger partial charge >= 0.3 is 0 Å². The molecule has 0 spiro atoms. The van der Waals surface area contributed by atoms with Crippen molar-refractivity contribution in [3.63, 3.8) is 0 Å². The second-order valence-electron chi connectivity index (χ2n) is 4.97. The van der Waals surface area contributed by atoms with Gasteiger partial charge in [0.1, 0.15) is 11.6 Å². The number of benzene rings is 1. The lowest BCUT2D eigenvalue weighted by atomic mass is 10.2. The predicted octanol–water partition coefficient (Wildman–Crippen LogP) is 2.41. The SMILES string of the molecule is CC(=O)N(CC(=O)Nc1ccc(F)cc1F)CC(C)C. The van der Waals surface area contributed by atoms with Crippen molar-refractivity contribution in [3.8, 4) is 0 Å². The smallest absolute Gasteiger partial charge is 0.244 e. The van der Waals surface area contributed by atoms with Crippen molar-refractivity contribution in [1.82, 2.24) is 4.90 Å². The van der Waals surface area contributed by atoms with Crippen LogP contribution >= 0.6 is 0 Å². The number of nitrogens with zero attached hydrogens (tertiary/aromatic N) is 1. The highest BCUT2D eigenvalue weighted by Gasteiger charge is 2.16. The number of hydrogen-bond donors (Lipinski definition) is 1. The lowest BCUT2D eigenvalue weighted by molar-refractivity contribution is -0.133. The van der Waals surface area contributed by atoms with E-state index in [2.05, 4.69) is 5.32 Å². The molecule has 0 atom stereocenters. The second-order valence-corrected chi connectivity index (χ2v) is 4.97. The molecule has 0 aliphatic rings. The van der Waals surface area contributed by atoms with Crippen LogP contribution in [0.2, 0.25) is 0 Å². The van der Waals surface area contributed by atoms with Crippen LogP contribution in [0.15, 0.2) is 18.2 Å². The number of rotatable bonds is 5. The Bertz CT molecular complexity index is 504.